The lowest BCUT2D eigenvalue weighted by molar-refractivity contribution is -0.137. The third-order valence-electron chi connectivity index (χ3n) is 9.43. The van der Waals surface area contributed by atoms with Crippen LogP contribution in [0.2, 0.25) is 0 Å². The van der Waals surface area contributed by atoms with Crippen LogP contribution in [0.15, 0.2) is 152 Å². The molecule has 0 aliphatic carbocycles. The quantitative estimate of drug-likeness (QED) is 0.155. The summed E-state index contributed by atoms with van der Waals surface area (Å²) in [5.74, 6) is -0.414. The number of pyridine rings is 1. The SMILES string of the molecule is C[C@@H](NC(=O)c1nc2cc3c(-c4ccncc4)nn(C(c4ccccc4)(c4ccccc4)c4ccccc4)c3cc2[nH]1)c1ccc(C(F)(F)F)cc1. The lowest BCUT2D eigenvalue weighted by Gasteiger charge is -2.37. The Bertz CT molecular complexity index is 2400. The Hall–Kier alpha value is -6.55. The van der Waals surface area contributed by atoms with Gasteiger partial charge >= 0.3 is 6.18 Å². The summed E-state index contributed by atoms with van der Waals surface area (Å²) in [6.45, 7) is 1.71. The number of hydrogen-bond donors (Lipinski definition) is 2. The van der Waals surface area contributed by atoms with Crippen molar-refractivity contribution in [3.63, 3.8) is 0 Å². The maximum absolute atomic E-state index is 13.5. The van der Waals surface area contributed by atoms with Gasteiger partial charge in [-0.25, -0.2) is 9.67 Å². The van der Waals surface area contributed by atoms with E-state index < -0.39 is 29.2 Å². The van der Waals surface area contributed by atoms with E-state index in [1.54, 1.807) is 19.3 Å². The fourth-order valence-corrected chi connectivity index (χ4v) is 6.92. The van der Waals surface area contributed by atoms with Gasteiger partial charge in [-0.15, -0.1) is 0 Å². The van der Waals surface area contributed by atoms with E-state index in [9.17, 15) is 18.0 Å². The number of aromatic nitrogens is 5. The van der Waals surface area contributed by atoms with Crippen LogP contribution in [0.25, 0.3) is 33.2 Å². The van der Waals surface area contributed by atoms with Crippen LogP contribution in [0, 0.1) is 0 Å². The summed E-state index contributed by atoms with van der Waals surface area (Å²) in [7, 11) is 0. The van der Waals surface area contributed by atoms with Crippen LogP contribution >= 0.6 is 0 Å². The minimum absolute atomic E-state index is 0.0758. The predicted molar refractivity (Wildman–Crippen MR) is 195 cm³/mol. The Morgan fingerprint density at radius 2 is 1.29 bits per heavy atom. The van der Waals surface area contributed by atoms with Crippen molar-refractivity contribution in [3.8, 4) is 11.3 Å². The van der Waals surface area contributed by atoms with E-state index in [0.29, 0.717) is 16.6 Å². The highest BCUT2D eigenvalue weighted by Crippen LogP contribution is 2.44. The number of imidazole rings is 1. The molecule has 0 saturated heterocycles. The van der Waals surface area contributed by atoms with Crippen LogP contribution < -0.4 is 5.32 Å². The average molecular weight is 693 g/mol. The number of carbonyl (C=O) groups is 1. The third-order valence-corrected chi connectivity index (χ3v) is 9.43. The first-order valence-electron chi connectivity index (χ1n) is 16.7. The van der Waals surface area contributed by atoms with Gasteiger partial charge in [0.2, 0.25) is 0 Å². The molecule has 0 saturated carbocycles. The predicted octanol–water partition coefficient (Wildman–Crippen LogP) is 9.32. The normalized spacial score (nSPS) is 12.6. The first-order chi connectivity index (χ1) is 25.2. The first kappa shape index (κ1) is 32.6. The largest absolute Gasteiger partial charge is 0.416 e. The Morgan fingerprint density at radius 1 is 0.731 bits per heavy atom. The minimum atomic E-state index is -4.44. The Balaban J connectivity index is 1.31. The van der Waals surface area contributed by atoms with E-state index in [1.807, 2.05) is 78.9 Å². The number of rotatable bonds is 8. The maximum atomic E-state index is 13.5. The summed E-state index contributed by atoms with van der Waals surface area (Å²) >= 11 is 0. The molecule has 1 atom stereocenters. The van der Waals surface area contributed by atoms with Crippen molar-refractivity contribution >= 4 is 27.8 Å². The third kappa shape index (κ3) is 5.68. The molecule has 10 heteroatoms. The molecule has 0 aliphatic heterocycles. The minimum Gasteiger partial charge on any atom is -0.343 e. The standard InChI is InChI=1S/C42H31F3N6O/c1-27(28-17-19-33(20-18-28)42(43,44)45)47-40(52)39-48-35-25-34-37(26-36(35)49-39)51(50-38(34)29-21-23-46-24-22-29)41(30-11-5-2-6-12-30,31-13-7-3-8-14-31)32-15-9-4-10-16-32/h2-27H,1H3,(H,47,52)(H,48,49)/t27-/m1/s1. The monoisotopic (exact) mass is 692 g/mol. The molecule has 3 heterocycles. The van der Waals surface area contributed by atoms with Gasteiger partial charge in [-0.3, -0.25) is 9.78 Å². The van der Waals surface area contributed by atoms with E-state index in [1.165, 1.54) is 12.1 Å². The van der Waals surface area contributed by atoms with E-state index in [4.69, 9.17) is 5.10 Å². The highest BCUT2D eigenvalue weighted by Gasteiger charge is 2.41. The second-order valence-corrected chi connectivity index (χ2v) is 12.6. The molecule has 52 heavy (non-hydrogen) atoms. The number of benzene rings is 5. The summed E-state index contributed by atoms with van der Waals surface area (Å²) in [5.41, 5.74) is 5.41. The molecule has 0 bridgehead atoms. The molecule has 3 aromatic heterocycles. The van der Waals surface area contributed by atoms with E-state index in [2.05, 4.69) is 61.3 Å². The van der Waals surface area contributed by atoms with Crippen LogP contribution in [0.5, 0.6) is 0 Å². The number of amides is 1. The Morgan fingerprint density at radius 3 is 1.83 bits per heavy atom. The topological polar surface area (TPSA) is 88.5 Å². The lowest BCUT2D eigenvalue weighted by atomic mass is 9.77. The summed E-state index contributed by atoms with van der Waals surface area (Å²) in [5, 5.41) is 9.10. The maximum Gasteiger partial charge on any atom is 0.416 e. The number of nitrogens with zero attached hydrogens (tertiary/aromatic N) is 4. The smallest absolute Gasteiger partial charge is 0.343 e. The second-order valence-electron chi connectivity index (χ2n) is 12.6. The number of carbonyl (C=O) groups excluding carboxylic acids is 1. The van der Waals surface area contributed by atoms with Crippen molar-refractivity contribution in [1.82, 2.24) is 30.0 Å². The van der Waals surface area contributed by atoms with Gasteiger partial charge in [0.1, 0.15) is 11.2 Å². The van der Waals surface area contributed by atoms with Crippen LogP contribution in [0.1, 0.15) is 51.4 Å². The van der Waals surface area contributed by atoms with Crippen LogP contribution in [0.3, 0.4) is 0 Å². The number of nitrogens with one attached hydrogen (secondary N) is 2. The molecule has 1 amide bonds. The lowest BCUT2D eigenvalue weighted by Crippen LogP contribution is -2.38. The zero-order chi connectivity index (χ0) is 35.9. The molecule has 0 aliphatic rings. The van der Waals surface area contributed by atoms with Gasteiger partial charge in [0, 0.05) is 23.3 Å². The molecule has 8 aromatic rings. The van der Waals surface area contributed by atoms with Gasteiger partial charge in [-0.05, 0) is 65.6 Å². The second kappa shape index (κ2) is 13.0. The van der Waals surface area contributed by atoms with Crippen molar-refractivity contribution in [2.24, 2.45) is 0 Å². The summed E-state index contributed by atoms with van der Waals surface area (Å²) in [4.78, 5) is 25.6. The van der Waals surface area contributed by atoms with E-state index >= 15 is 0 Å². The molecule has 2 N–H and O–H groups in total. The fraction of sp³-hybridized carbons (Fsp3) is 0.0952. The highest BCUT2D eigenvalue weighted by atomic mass is 19.4. The van der Waals surface area contributed by atoms with Gasteiger partial charge < -0.3 is 10.3 Å². The molecule has 0 spiro atoms. The molecule has 8 rings (SSSR count). The van der Waals surface area contributed by atoms with Crippen LogP contribution in [0.4, 0.5) is 13.2 Å². The van der Waals surface area contributed by atoms with Gasteiger partial charge in [0.25, 0.3) is 5.91 Å². The fourth-order valence-electron chi connectivity index (χ4n) is 6.92. The average Bonchev–Trinajstić information content (AvgIpc) is 3.77. The number of halogens is 3. The summed E-state index contributed by atoms with van der Waals surface area (Å²) in [6, 6.07) is 42.7. The zero-order valence-electron chi connectivity index (χ0n) is 27.8. The van der Waals surface area contributed by atoms with Gasteiger partial charge in [0.15, 0.2) is 5.82 Å². The van der Waals surface area contributed by atoms with E-state index in [0.717, 1.165) is 51.0 Å². The van der Waals surface area contributed by atoms with Crippen molar-refractivity contribution in [2.45, 2.75) is 24.7 Å². The summed E-state index contributed by atoms with van der Waals surface area (Å²) < 4.78 is 41.4. The number of aromatic amines is 1. The number of hydrogen-bond acceptors (Lipinski definition) is 4. The van der Waals surface area contributed by atoms with Gasteiger partial charge in [-0.1, -0.05) is 103 Å². The first-order valence-corrected chi connectivity index (χ1v) is 16.7. The number of H-pyrrole nitrogens is 1. The summed E-state index contributed by atoms with van der Waals surface area (Å²) in [6.07, 6.45) is -0.987. The van der Waals surface area contributed by atoms with Crippen molar-refractivity contribution < 1.29 is 18.0 Å². The molecule has 0 fully saturated rings. The Kier molecular flexibility index (Phi) is 8.14. The van der Waals surface area contributed by atoms with Gasteiger partial charge in [-0.2, -0.15) is 18.3 Å². The number of alkyl halides is 3. The van der Waals surface area contributed by atoms with Gasteiger partial charge in [0.05, 0.1) is 28.2 Å². The van der Waals surface area contributed by atoms with E-state index in [-0.39, 0.29) is 5.82 Å². The molecular weight excluding hydrogens is 661 g/mol. The van der Waals surface area contributed by atoms with Crippen molar-refractivity contribution in [3.05, 3.63) is 186 Å². The zero-order valence-corrected chi connectivity index (χ0v) is 27.8. The van der Waals surface area contributed by atoms with Crippen LogP contribution in [-0.2, 0) is 11.7 Å². The van der Waals surface area contributed by atoms with Crippen molar-refractivity contribution in [2.75, 3.05) is 0 Å². The molecule has 0 unspecified atom stereocenters. The number of fused-ring (bicyclic) bond motifs is 2. The van der Waals surface area contributed by atoms with Crippen molar-refractivity contribution in [1.29, 1.82) is 0 Å². The molecule has 5 aromatic carbocycles. The molecule has 7 nitrogen and oxygen atoms in total. The highest BCUT2D eigenvalue weighted by molar-refractivity contribution is 6.03. The molecular formula is C42H31F3N6O. The van der Waals surface area contributed by atoms with Crippen LogP contribution in [-0.4, -0.2) is 30.6 Å². The molecule has 0 radical (unpaired) electrons. The Labute approximate surface area is 296 Å². The molecule has 256 valence electrons.